The number of aliphatic imine (C=N–C) groups is 1. The molecule has 3 N–H and O–H groups in total. The van der Waals surface area contributed by atoms with Gasteiger partial charge in [0.1, 0.15) is 18.1 Å². The van der Waals surface area contributed by atoms with E-state index in [2.05, 4.69) is 10.3 Å². The summed E-state index contributed by atoms with van der Waals surface area (Å²) in [4.78, 5) is 4.27. The number of rotatable bonds is 4. The first kappa shape index (κ1) is 11.8. The van der Waals surface area contributed by atoms with Crippen molar-refractivity contribution in [2.45, 2.75) is 25.4 Å². The zero-order chi connectivity index (χ0) is 13.1. The second-order valence-electron chi connectivity index (χ2n) is 4.75. The molecule has 0 amide bonds. The topological polar surface area (TPSA) is 63.5 Å². The lowest BCUT2D eigenvalue weighted by atomic mass is 10.2. The van der Waals surface area contributed by atoms with Gasteiger partial charge in [-0.15, -0.1) is 0 Å². The van der Waals surface area contributed by atoms with Crippen LogP contribution in [-0.4, -0.2) is 12.0 Å². The molecule has 98 valence electrons. The highest BCUT2D eigenvalue weighted by molar-refractivity contribution is 5.78. The molecular formula is C15H17N3O. The summed E-state index contributed by atoms with van der Waals surface area (Å²) >= 11 is 0. The molecule has 1 fully saturated rings. The van der Waals surface area contributed by atoms with E-state index in [0.29, 0.717) is 18.5 Å². The standard InChI is InChI=1S/C15H17N3O/c16-15(18-12-6-7-12)17-10-13-8-9-14(19-13)11-4-2-1-3-5-11/h1-5,8-9,12H,6-7,10H2,(H3,16,17,18). The third kappa shape index (κ3) is 3.16. The van der Waals surface area contributed by atoms with Crippen molar-refractivity contribution < 1.29 is 4.42 Å². The van der Waals surface area contributed by atoms with Crippen molar-refractivity contribution in [3.63, 3.8) is 0 Å². The molecule has 3 rings (SSSR count). The Morgan fingerprint density at radius 1 is 1.21 bits per heavy atom. The summed E-state index contributed by atoms with van der Waals surface area (Å²) in [6.07, 6.45) is 2.38. The molecule has 0 aliphatic heterocycles. The summed E-state index contributed by atoms with van der Waals surface area (Å²) in [5.74, 6) is 2.18. The predicted molar refractivity (Wildman–Crippen MR) is 75.6 cm³/mol. The van der Waals surface area contributed by atoms with Gasteiger partial charge in [-0.3, -0.25) is 0 Å². The second kappa shape index (κ2) is 5.18. The highest BCUT2D eigenvalue weighted by Gasteiger charge is 2.21. The maximum atomic E-state index is 5.78. The lowest BCUT2D eigenvalue weighted by molar-refractivity contribution is 0.525. The summed E-state index contributed by atoms with van der Waals surface area (Å²) in [5, 5.41) is 3.15. The SMILES string of the molecule is NC(=NCc1ccc(-c2ccccc2)o1)NC1CC1. The molecule has 1 heterocycles. The van der Waals surface area contributed by atoms with Crippen LogP contribution in [-0.2, 0) is 6.54 Å². The minimum absolute atomic E-state index is 0.471. The van der Waals surface area contributed by atoms with Crippen LogP contribution in [0.15, 0.2) is 51.9 Å². The number of nitrogens with zero attached hydrogens (tertiary/aromatic N) is 1. The molecular weight excluding hydrogens is 238 g/mol. The molecule has 4 nitrogen and oxygen atoms in total. The summed E-state index contributed by atoms with van der Waals surface area (Å²) in [7, 11) is 0. The molecule has 1 aromatic carbocycles. The van der Waals surface area contributed by atoms with E-state index in [1.165, 1.54) is 12.8 Å². The predicted octanol–water partition coefficient (Wildman–Crippen LogP) is 2.51. The minimum atomic E-state index is 0.471. The molecule has 1 aliphatic rings. The molecule has 0 atom stereocenters. The Bertz CT molecular complexity index is 570. The largest absolute Gasteiger partial charge is 0.459 e. The number of benzene rings is 1. The Morgan fingerprint density at radius 2 is 2.00 bits per heavy atom. The first-order valence-corrected chi connectivity index (χ1v) is 6.52. The fourth-order valence-corrected chi connectivity index (χ4v) is 1.87. The van der Waals surface area contributed by atoms with E-state index in [0.717, 1.165) is 17.1 Å². The van der Waals surface area contributed by atoms with Gasteiger partial charge in [-0.2, -0.15) is 0 Å². The van der Waals surface area contributed by atoms with Crippen LogP contribution in [0.25, 0.3) is 11.3 Å². The van der Waals surface area contributed by atoms with E-state index in [9.17, 15) is 0 Å². The summed E-state index contributed by atoms with van der Waals surface area (Å²) in [6.45, 7) is 0.471. The number of nitrogens with one attached hydrogen (secondary N) is 1. The fraction of sp³-hybridized carbons (Fsp3) is 0.267. The summed E-state index contributed by atoms with van der Waals surface area (Å²) in [6, 6.07) is 14.5. The van der Waals surface area contributed by atoms with Crippen molar-refractivity contribution in [1.29, 1.82) is 0 Å². The van der Waals surface area contributed by atoms with Gasteiger partial charge in [0.25, 0.3) is 0 Å². The third-order valence-electron chi connectivity index (χ3n) is 3.05. The maximum absolute atomic E-state index is 5.78. The van der Waals surface area contributed by atoms with Crippen molar-refractivity contribution in [1.82, 2.24) is 5.32 Å². The molecule has 2 aromatic rings. The van der Waals surface area contributed by atoms with Crippen LogP contribution in [0.3, 0.4) is 0 Å². The van der Waals surface area contributed by atoms with Gasteiger partial charge in [-0.05, 0) is 25.0 Å². The van der Waals surface area contributed by atoms with E-state index in [4.69, 9.17) is 10.2 Å². The van der Waals surface area contributed by atoms with E-state index in [-0.39, 0.29) is 0 Å². The van der Waals surface area contributed by atoms with Gasteiger partial charge in [-0.1, -0.05) is 30.3 Å². The van der Waals surface area contributed by atoms with Gasteiger partial charge in [0.2, 0.25) is 0 Å². The quantitative estimate of drug-likeness (QED) is 0.651. The van der Waals surface area contributed by atoms with E-state index in [1.807, 2.05) is 42.5 Å². The molecule has 0 radical (unpaired) electrons. The molecule has 1 aliphatic carbocycles. The van der Waals surface area contributed by atoms with Crippen molar-refractivity contribution in [3.8, 4) is 11.3 Å². The molecule has 0 bridgehead atoms. The van der Waals surface area contributed by atoms with Crippen LogP contribution in [0.5, 0.6) is 0 Å². The molecule has 1 saturated carbocycles. The van der Waals surface area contributed by atoms with E-state index < -0.39 is 0 Å². The fourth-order valence-electron chi connectivity index (χ4n) is 1.87. The van der Waals surface area contributed by atoms with E-state index >= 15 is 0 Å². The molecule has 19 heavy (non-hydrogen) atoms. The van der Waals surface area contributed by atoms with Crippen LogP contribution in [0.2, 0.25) is 0 Å². The second-order valence-corrected chi connectivity index (χ2v) is 4.75. The molecule has 0 unspecified atom stereocenters. The first-order valence-electron chi connectivity index (χ1n) is 6.52. The number of hydrogen-bond acceptors (Lipinski definition) is 2. The zero-order valence-electron chi connectivity index (χ0n) is 10.7. The van der Waals surface area contributed by atoms with Crippen molar-refractivity contribution in [2.75, 3.05) is 0 Å². The monoisotopic (exact) mass is 255 g/mol. The molecule has 0 spiro atoms. The lowest BCUT2D eigenvalue weighted by Crippen LogP contribution is -2.33. The normalized spacial score (nSPS) is 15.5. The van der Waals surface area contributed by atoms with Gasteiger partial charge in [0.15, 0.2) is 5.96 Å². The maximum Gasteiger partial charge on any atom is 0.189 e. The minimum Gasteiger partial charge on any atom is -0.459 e. The Kier molecular flexibility index (Phi) is 3.23. The Hall–Kier alpha value is -2.23. The van der Waals surface area contributed by atoms with Crippen molar-refractivity contribution in [3.05, 3.63) is 48.2 Å². The Balaban J connectivity index is 1.64. The summed E-state index contributed by atoms with van der Waals surface area (Å²) in [5.41, 5.74) is 6.85. The average molecular weight is 255 g/mol. The highest BCUT2D eigenvalue weighted by Crippen LogP contribution is 2.22. The first-order chi connectivity index (χ1) is 9.31. The van der Waals surface area contributed by atoms with Crippen LogP contribution in [0.1, 0.15) is 18.6 Å². The van der Waals surface area contributed by atoms with Crippen molar-refractivity contribution in [2.24, 2.45) is 10.7 Å². The van der Waals surface area contributed by atoms with Crippen molar-refractivity contribution >= 4 is 5.96 Å². The van der Waals surface area contributed by atoms with Gasteiger partial charge in [0.05, 0.1) is 0 Å². The number of hydrogen-bond donors (Lipinski definition) is 2. The number of nitrogens with two attached hydrogens (primary N) is 1. The number of furan rings is 1. The molecule has 4 heteroatoms. The van der Waals surface area contributed by atoms with Crippen LogP contribution in [0, 0.1) is 0 Å². The zero-order valence-corrected chi connectivity index (χ0v) is 10.7. The van der Waals surface area contributed by atoms with Gasteiger partial charge in [0, 0.05) is 11.6 Å². The van der Waals surface area contributed by atoms with E-state index in [1.54, 1.807) is 0 Å². The highest BCUT2D eigenvalue weighted by atomic mass is 16.3. The van der Waals surface area contributed by atoms with Crippen LogP contribution < -0.4 is 11.1 Å². The smallest absolute Gasteiger partial charge is 0.189 e. The lowest BCUT2D eigenvalue weighted by Gasteiger charge is -2.01. The Morgan fingerprint density at radius 3 is 2.74 bits per heavy atom. The summed E-state index contributed by atoms with van der Waals surface area (Å²) < 4.78 is 5.75. The van der Waals surface area contributed by atoms with Crippen LogP contribution >= 0.6 is 0 Å². The van der Waals surface area contributed by atoms with Gasteiger partial charge >= 0.3 is 0 Å². The van der Waals surface area contributed by atoms with Gasteiger partial charge < -0.3 is 15.5 Å². The Labute approximate surface area is 112 Å². The van der Waals surface area contributed by atoms with Crippen LogP contribution in [0.4, 0.5) is 0 Å². The average Bonchev–Trinajstić information content (AvgIpc) is 3.12. The third-order valence-corrected chi connectivity index (χ3v) is 3.05. The van der Waals surface area contributed by atoms with Gasteiger partial charge in [-0.25, -0.2) is 4.99 Å². The number of guanidine groups is 1. The molecule has 0 saturated heterocycles. The molecule has 1 aromatic heterocycles.